The Hall–Kier alpha value is -0.560. The highest BCUT2D eigenvalue weighted by atomic mass is 15.1. The Kier molecular flexibility index (Phi) is 9.12. The Morgan fingerprint density at radius 2 is 1.69 bits per heavy atom. The van der Waals surface area contributed by atoms with Gasteiger partial charge >= 0.3 is 0 Å². The van der Waals surface area contributed by atoms with Crippen molar-refractivity contribution >= 4 is 0 Å². The summed E-state index contributed by atoms with van der Waals surface area (Å²) in [6.45, 7) is 11.7. The van der Waals surface area contributed by atoms with Crippen molar-refractivity contribution in [3.63, 3.8) is 0 Å². The number of hydrogen-bond acceptors (Lipinski definition) is 1. The fraction of sp³-hybridized carbons (Fsp3) is 0.667. The normalized spacial score (nSPS) is 11.3. The second-order valence-electron chi connectivity index (χ2n) is 3.30. The van der Waals surface area contributed by atoms with Crippen LogP contribution in [0.1, 0.15) is 33.1 Å². The molecule has 0 heterocycles. The molecule has 0 atom stereocenters. The Balaban J connectivity index is 3.60. The molecule has 0 N–H and O–H groups in total. The van der Waals surface area contributed by atoms with E-state index in [4.69, 9.17) is 0 Å². The Morgan fingerprint density at radius 3 is 2.15 bits per heavy atom. The second-order valence-corrected chi connectivity index (χ2v) is 3.30. The van der Waals surface area contributed by atoms with Gasteiger partial charge in [-0.2, -0.15) is 0 Å². The monoisotopic (exact) mass is 181 g/mol. The topological polar surface area (TPSA) is 3.24 Å². The third-order valence-corrected chi connectivity index (χ3v) is 1.91. The van der Waals surface area contributed by atoms with Crippen molar-refractivity contribution in [2.75, 3.05) is 19.6 Å². The first-order valence-electron chi connectivity index (χ1n) is 5.33. The van der Waals surface area contributed by atoms with E-state index in [1.807, 2.05) is 6.08 Å². The van der Waals surface area contributed by atoms with Gasteiger partial charge in [-0.05, 0) is 32.4 Å². The summed E-state index contributed by atoms with van der Waals surface area (Å²) in [5.41, 5.74) is 0. The van der Waals surface area contributed by atoms with E-state index in [9.17, 15) is 0 Å². The second kappa shape index (κ2) is 9.53. The van der Waals surface area contributed by atoms with Crippen molar-refractivity contribution in [3.05, 3.63) is 24.8 Å². The summed E-state index contributed by atoms with van der Waals surface area (Å²) in [5.74, 6) is 0. The van der Waals surface area contributed by atoms with Crippen LogP contribution in [-0.4, -0.2) is 24.5 Å². The molecule has 0 saturated carbocycles. The first-order chi connectivity index (χ1) is 6.35. The van der Waals surface area contributed by atoms with Crippen LogP contribution in [0.4, 0.5) is 0 Å². The average Bonchev–Trinajstić information content (AvgIpc) is 2.13. The molecule has 76 valence electrons. The van der Waals surface area contributed by atoms with Gasteiger partial charge in [-0.3, -0.25) is 4.90 Å². The van der Waals surface area contributed by atoms with E-state index in [-0.39, 0.29) is 0 Å². The zero-order chi connectivity index (χ0) is 9.94. The summed E-state index contributed by atoms with van der Waals surface area (Å²) < 4.78 is 0. The molecule has 0 aliphatic rings. The highest BCUT2D eigenvalue weighted by Gasteiger charge is 1.97. The van der Waals surface area contributed by atoms with E-state index in [0.29, 0.717) is 0 Å². The quantitative estimate of drug-likeness (QED) is 0.520. The number of allylic oxidation sites excluding steroid dienone is 2. The Labute approximate surface area is 83.1 Å². The fourth-order valence-electron chi connectivity index (χ4n) is 1.34. The van der Waals surface area contributed by atoms with Crippen LogP contribution in [-0.2, 0) is 0 Å². The number of rotatable bonds is 8. The molecule has 0 radical (unpaired) electrons. The van der Waals surface area contributed by atoms with Gasteiger partial charge in [0.05, 0.1) is 0 Å². The van der Waals surface area contributed by atoms with Gasteiger partial charge in [0.25, 0.3) is 0 Å². The molecule has 0 aromatic carbocycles. The van der Waals surface area contributed by atoms with Crippen LogP contribution in [0.3, 0.4) is 0 Å². The van der Waals surface area contributed by atoms with E-state index in [1.165, 1.54) is 25.9 Å². The minimum atomic E-state index is 0.992. The first kappa shape index (κ1) is 12.4. The molecule has 0 unspecified atom stereocenters. The third-order valence-electron chi connectivity index (χ3n) is 1.91. The van der Waals surface area contributed by atoms with E-state index in [1.54, 1.807) is 0 Å². The van der Waals surface area contributed by atoms with E-state index >= 15 is 0 Å². The van der Waals surface area contributed by atoms with Crippen LogP contribution in [0, 0.1) is 0 Å². The van der Waals surface area contributed by atoms with Gasteiger partial charge in [-0.15, -0.1) is 6.58 Å². The smallest absolute Gasteiger partial charge is 0.0163 e. The molecular formula is C12H23N. The lowest BCUT2D eigenvalue weighted by Crippen LogP contribution is -2.25. The summed E-state index contributed by atoms with van der Waals surface area (Å²) in [4.78, 5) is 2.49. The SMILES string of the molecule is C=CCC=CCN(CCC)CCC. The summed E-state index contributed by atoms with van der Waals surface area (Å²) in [6, 6.07) is 0. The van der Waals surface area contributed by atoms with Crippen LogP contribution in [0.2, 0.25) is 0 Å². The largest absolute Gasteiger partial charge is 0.300 e. The highest BCUT2D eigenvalue weighted by Crippen LogP contribution is 1.95. The first-order valence-corrected chi connectivity index (χ1v) is 5.33. The standard InChI is InChI=1S/C12H23N/c1-4-7-8-9-12-13(10-5-2)11-6-3/h4,8-9H,1,5-7,10-12H2,2-3H3. The third kappa shape index (κ3) is 7.79. The van der Waals surface area contributed by atoms with Crippen molar-refractivity contribution in [2.45, 2.75) is 33.1 Å². The zero-order valence-corrected chi connectivity index (χ0v) is 9.13. The summed E-state index contributed by atoms with van der Waals surface area (Å²) in [5, 5.41) is 0. The van der Waals surface area contributed by atoms with Crippen LogP contribution in [0.25, 0.3) is 0 Å². The lowest BCUT2D eigenvalue weighted by atomic mass is 10.3. The molecule has 0 bridgehead atoms. The van der Waals surface area contributed by atoms with Crippen LogP contribution < -0.4 is 0 Å². The zero-order valence-electron chi connectivity index (χ0n) is 9.13. The van der Waals surface area contributed by atoms with E-state index in [0.717, 1.165) is 13.0 Å². The van der Waals surface area contributed by atoms with Gasteiger partial charge in [0.1, 0.15) is 0 Å². The van der Waals surface area contributed by atoms with Crippen LogP contribution in [0.15, 0.2) is 24.8 Å². The van der Waals surface area contributed by atoms with Crippen LogP contribution in [0.5, 0.6) is 0 Å². The van der Waals surface area contributed by atoms with Gasteiger partial charge in [-0.25, -0.2) is 0 Å². The van der Waals surface area contributed by atoms with Gasteiger partial charge in [-0.1, -0.05) is 32.1 Å². The molecule has 0 fully saturated rings. The molecule has 13 heavy (non-hydrogen) atoms. The molecule has 0 amide bonds. The lowest BCUT2D eigenvalue weighted by Gasteiger charge is -2.18. The van der Waals surface area contributed by atoms with Gasteiger partial charge < -0.3 is 0 Å². The Bertz CT molecular complexity index is 132. The predicted molar refractivity (Wildman–Crippen MR) is 61.0 cm³/mol. The predicted octanol–water partition coefficient (Wildman–Crippen LogP) is 3.24. The molecular weight excluding hydrogens is 158 g/mol. The van der Waals surface area contributed by atoms with Gasteiger partial charge in [0, 0.05) is 6.54 Å². The van der Waals surface area contributed by atoms with Crippen molar-refractivity contribution < 1.29 is 0 Å². The lowest BCUT2D eigenvalue weighted by molar-refractivity contribution is 0.303. The molecule has 1 heteroatoms. The van der Waals surface area contributed by atoms with Crippen molar-refractivity contribution in [3.8, 4) is 0 Å². The molecule has 0 aromatic heterocycles. The Morgan fingerprint density at radius 1 is 1.08 bits per heavy atom. The maximum Gasteiger partial charge on any atom is 0.0163 e. The number of hydrogen-bond donors (Lipinski definition) is 0. The summed E-state index contributed by atoms with van der Waals surface area (Å²) in [7, 11) is 0. The van der Waals surface area contributed by atoms with Crippen molar-refractivity contribution in [2.24, 2.45) is 0 Å². The van der Waals surface area contributed by atoms with E-state index < -0.39 is 0 Å². The van der Waals surface area contributed by atoms with E-state index in [2.05, 4.69) is 37.5 Å². The van der Waals surface area contributed by atoms with Gasteiger partial charge in [0.15, 0.2) is 0 Å². The molecule has 1 nitrogen and oxygen atoms in total. The molecule has 0 aliphatic heterocycles. The maximum absolute atomic E-state index is 3.69. The summed E-state index contributed by atoms with van der Waals surface area (Å²) in [6.07, 6.45) is 9.84. The summed E-state index contributed by atoms with van der Waals surface area (Å²) >= 11 is 0. The van der Waals surface area contributed by atoms with Gasteiger partial charge in [0.2, 0.25) is 0 Å². The number of nitrogens with zero attached hydrogens (tertiary/aromatic N) is 1. The van der Waals surface area contributed by atoms with Crippen molar-refractivity contribution in [1.82, 2.24) is 4.90 Å². The minimum absolute atomic E-state index is 0.992. The minimum Gasteiger partial charge on any atom is -0.300 e. The molecule has 0 aromatic rings. The molecule has 0 saturated heterocycles. The molecule has 0 rings (SSSR count). The molecule has 0 spiro atoms. The average molecular weight is 181 g/mol. The maximum atomic E-state index is 3.69. The van der Waals surface area contributed by atoms with Crippen molar-refractivity contribution in [1.29, 1.82) is 0 Å². The van der Waals surface area contributed by atoms with Crippen LogP contribution >= 0.6 is 0 Å². The highest BCUT2D eigenvalue weighted by molar-refractivity contribution is 4.90. The molecule has 0 aliphatic carbocycles. The fourth-order valence-corrected chi connectivity index (χ4v) is 1.34.